The first kappa shape index (κ1) is 15.3. The molecule has 23 heavy (non-hydrogen) atoms. The van der Waals surface area contributed by atoms with E-state index in [0.717, 1.165) is 23.3 Å². The molecule has 3 rings (SSSR count). The molecule has 1 heterocycles. The van der Waals surface area contributed by atoms with Crippen LogP contribution in [0.5, 0.6) is 0 Å². The summed E-state index contributed by atoms with van der Waals surface area (Å²) < 4.78 is 0. The lowest BCUT2D eigenvalue weighted by molar-refractivity contribution is 0.287. The molecule has 0 saturated carbocycles. The largest absolute Gasteiger partial charge is 0.399 e. The highest BCUT2D eigenvalue weighted by Crippen LogP contribution is 2.57. The predicted molar refractivity (Wildman–Crippen MR) is 87.5 cm³/mol. The quantitative estimate of drug-likeness (QED) is 0.855. The minimum Gasteiger partial charge on any atom is -0.399 e. The number of thiophene rings is 1. The molecule has 2 aliphatic carbocycles. The Bertz CT molecular complexity index is 797. The monoisotopic (exact) mass is 320 g/mol. The molecule has 0 radical (unpaired) electrons. The maximum absolute atomic E-state index is 9.84. The third-order valence-electron chi connectivity index (χ3n) is 4.96. The van der Waals surface area contributed by atoms with E-state index in [4.69, 9.17) is 5.73 Å². The van der Waals surface area contributed by atoms with E-state index in [1.165, 1.54) is 11.3 Å². The first-order valence-electron chi connectivity index (χ1n) is 7.55. The number of hydrogen-bond donors (Lipinski definition) is 1. The van der Waals surface area contributed by atoms with Crippen LogP contribution < -0.4 is 5.73 Å². The fraction of sp³-hybridized carbons (Fsp3) is 0.389. The van der Waals surface area contributed by atoms with E-state index in [0.29, 0.717) is 11.5 Å². The smallest absolute Gasteiger partial charge is 0.192 e. The van der Waals surface area contributed by atoms with Crippen molar-refractivity contribution in [2.75, 3.05) is 0 Å². The number of nitrogens with two attached hydrogens (primary N) is 1. The number of rotatable bonds is 1. The summed E-state index contributed by atoms with van der Waals surface area (Å²) in [6.45, 7) is 2.16. The highest BCUT2D eigenvalue weighted by molar-refractivity contribution is 7.10. The van der Waals surface area contributed by atoms with E-state index in [1.54, 1.807) is 0 Å². The van der Waals surface area contributed by atoms with Crippen LogP contribution in [0.15, 0.2) is 40.4 Å². The Morgan fingerprint density at radius 3 is 2.61 bits per heavy atom. The van der Waals surface area contributed by atoms with Crippen LogP contribution in [0.2, 0.25) is 0 Å². The van der Waals surface area contributed by atoms with Gasteiger partial charge in [-0.3, -0.25) is 0 Å². The van der Waals surface area contributed by atoms with E-state index in [1.807, 2.05) is 17.5 Å². The zero-order chi connectivity index (χ0) is 16.6. The average Bonchev–Trinajstić information content (AvgIpc) is 3.08. The molecule has 0 saturated heterocycles. The third kappa shape index (κ3) is 2.07. The predicted octanol–water partition coefficient (Wildman–Crippen LogP) is 3.59. The van der Waals surface area contributed by atoms with Crippen LogP contribution in [-0.4, -0.2) is 0 Å². The molecule has 0 fully saturated rings. The maximum atomic E-state index is 9.84. The number of fused-ring (bicyclic) bond motifs is 1. The van der Waals surface area contributed by atoms with Crippen molar-refractivity contribution < 1.29 is 0 Å². The first-order chi connectivity index (χ1) is 11.1. The second-order valence-electron chi connectivity index (χ2n) is 6.27. The van der Waals surface area contributed by atoms with Crippen molar-refractivity contribution >= 4 is 11.3 Å². The zero-order valence-corrected chi connectivity index (χ0v) is 13.6. The van der Waals surface area contributed by atoms with E-state index < -0.39 is 5.41 Å². The molecule has 0 aromatic carbocycles. The second kappa shape index (κ2) is 5.58. The van der Waals surface area contributed by atoms with Crippen molar-refractivity contribution in [1.82, 2.24) is 0 Å². The van der Waals surface area contributed by atoms with Crippen molar-refractivity contribution in [3.8, 4) is 18.2 Å². The molecule has 1 aromatic heterocycles. The summed E-state index contributed by atoms with van der Waals surface area (Å²) in [6, 6.07) is 10.3. The molecule has 0 bridgehead atoms. The van der Waals surface area contributed by atoms with Crippen molar-refractivity contribution in [3.05, 3.63) is 45.3 Å². The summed E-state index contributed by atoms with van der Waals surface area (Å²) in [4.78, 5) is 0.984. The molecule has 0 aliphatic heterocycles. The van der Waals surface area contributed by atoms with Crippen LogP contribution >= 0.6 is 11.3 Å². The Balaban J connectivity index is 2.33. The SMILES string of the molecule is C[C@H]1CC=C2C(C#N)=C(N)C(C#N)(C#N)[C@@H](c3cccs3)[C@@H]2C1. The lowest BCUT2D eigenvalue weighted by atomic mass is 9.57. The van der Waals surface area contributed by atoms with Crippen LogP contribution in [0.1, 0.15) is 30.6 Å². The lowest BCUT2D eigenvalue weighted by Gasteiger charge is -2.43. The minimum absolute atomic E-state index is 0.0151. The van der Waals surface area contributed by atoms with Crippen molar-refractivity contribution in [2.24, 2.45) is 23.0 Å². The van der Waals surface area contributed by atoms with Crippen LogP contribution in [-0.2, 0) is 0 Å². The molecular formula is C18H16N4S. The van der Waals surface area contributed by atoms with Gasteiger partial charge in [0.1, 0.15) is 6.07 Å². The average molecular weight is 320 g/mol. The van der Waals surface area contributed by atoms with Gasteiger partial charge in [-0.25, -0.2) is 0 Å². The van der Waals surface area contributed by atoms with Gasteiger partial charge in [-0.1, -0.05) is 19.1 Å². The standard InChI is InChI=1S/C18H16N4S/c1-11-4-5-12-13(7-11)16(15-3-2-6-23-15)18(9-20,10-21)17(22)14(12)8-19/h2-3,5-6,11,13,16H,4,7,22H2,1H3/t11-,13+,16+/m0/s1. The number of nitriles is 3. The molecule has 5 heteroatoms. The van der Waals surface area contributed by atoms with E-state index in [-0.39, 0.29) is 17.5 Å². The number of hydrogen-bond acceptors (Lipinski definition) is 5. The van der Waals surface area contributed by atoms with Crippen molar-refractivity contribution in [1.29, 1.82) is 15.8 Å². The first-order valence-corrected chi connectivity index (χ1v) is 8.43. The Morgan fingerprint density at radius 2 is 2.04 bits per heavy atom. The molecular weight excluding hydrogens is 304 g/mol. The molecule has 0 amide bonds. The van der Waals surface area contributed by atoms with Gasteiger partial charge in [0.2, 0.25) is 0 Å². The van der Waals surface area contributed by atoms with E-state index in [9.17, 15) is 15.8 Å². The molecule has 2 aliphatic rings. The fourth-order valence-corrected chi connectivity index (χ4v) is 4.81. The van der Waals surface area contributed by atoms with E-state index in [2.05, 4.69) is 31.2 Å². The van der Waals surface area contributed by atoms with Gasteiger partial charge in [0, 0.05) is 10.8 Å². The normalized spacial score (nSPS) is 28.8. The van der Waals surface area contributed by atoms with Gasteiger partial charge in [0.25, 0.3) is 0 Å². The summed E-state index contributed by atoms with van der Waals surface area (Å²) in [5.74, 6) is 0.128. The lowest BCUT2D eigenvalue weighted by Crippen LogP contribution is -2.43. The maximum Gasteiger partial charge on any atom is 0.192 e. The van der Waals surface area contributed by atoms with Crippen molar-refractivity contribution in [3.63, 3.8) is 0 Å². The Hall–Kier alpha value is -2.55. The Labute approximate surface area is 139 Å². The highest BCUT2D eigenvalue weighted by atomic mass is 32.1. The third-order valence-corrected chi connectivity index (χ3v) is 5.92. The summed E-state index contributed by atoms with van der Waals surface area (Å²) in [5, 5.41) is 31.2. The summed E-state index contributed by atoms with van der Waals surface area (Å²) in [5.41, 5.74) is 6.09. The molecule has 3 atom stereocenters. The summed E-state index contributed by atoms with van der Waals surface area (Å²) in [7, 11) is 0. The molecule has 0 spiro atoms. The second-order valence-corrected chi connectivity index (χ2v) is 7.25. The van der Waals surface area contributed by atoms with Gasteiger partial charge in [-0.2, -0.15) is 15.8 Å². The molecule has 114 valence electrons. The Kier molecular flexibility index (Phi) is 3.72. The minimum atomic E-state index is -1.48. The zero-order valence-electron chi connectivity index (χ0n) is 12.8. The summed E-state index contributed by atoms with van der Waals surface area (Å²) in [6.07, 6.45) is 3.83. The fourth-order valence-electron chi connectivity index (χ4n) is 3.85. The van der Waals surface area contributed by atoms with Crippen LogP contribution in [0.25, 0.3) is 0 Å². The van der Waals surface area contributed by atoms with Gasteiger partial charge in [-0.15, -0.1) is 11.3 Å². The topological polar surface area (TPSA) is 97.4 Å². The van der Waals surface area contributed by atoms with Gasteiger partial charge in [0.15, 0.2) is 5.41 Å². The van der Waals surface area contributed by atoms with E-state index >= 15 is 0 Å². The van der Waals surface area contributed by atoms with Crippen LogP contribution in [0.3, 0.4) is 0 Å². The highest BCUT2D eigenvalue weighted by Gasteiger charge is 2.54. The molecule has 1 aromatic rings. The van der Waals surface area contributed by atoms with Gasteiger partial charge in [-0.05, 0) is 41.7 Å². The van der Waals surface area contributed by atoms with Gasteiger partial charge >= 0.3 is 0 Å². The molecule has 4 nitrogen and oxygen atoms in total. The van der Waals surface area contributed by atoms with Gasteiger partial charge in [0.05, 0.1) is 23.4 Å². The van der Waals surface area contributed by atoms with Crippen molar-refractivity contribution in [2.45, 2.75) is 25.7 Å². The number of allylic oxidation sites excluding steroid dienone is 4. The number of nitrogens with zero attached hydrogens (tertiary/aromatic N) is 3. The molecule has 0 unspecified atom stereocenters. The summed E-state index contributed by atoms with van der Waals surface area (Å²) >= 11 is 1.54. The van der Waals surface area contributed by atoms with Crippen LogP contribution in [0, 0.1) is 51.2 Å². The van der Waals surface area contributed by atoms with Gasteiger partial charge < -0.3 is 5.73 Å². The molecule has 2 N–H and O–H groups in total. The Morgan fingerprint density at radius 1 is 1.30 bits per heavy atom. The van der Waals surface area contributed by atoms with Crippen LogP contribution in [0.4, 0.5) is 0 Å².